The zero-order chi connectivity index (χ0) is 35.8. The van der Waals surface area contributed by atoms with Crippen LogP contribution in [0.15, 0.2) is 182 Å². The quantitative estimate of drug-likeness (QED) is 0.180. The monoisotopic (exact) mass is 702 g/mol. The largest absolute Gasteiger partial charge is 0.457 e. The summed E-state index contributed by atoms with van der Waals surface area (Å²) < 4.78 is 14.0. The standard InChI is InChI=1S/C50H30N4O/c1-4-17-36-32(14-1)33-15-2-5-18-37(33)50(36)38-19-6-12-26-46(38)55-47-27-13-25-45(48(47)50)53-40-21-8-3-16-34(40)35-30-31(28-29-41(35)53)52-43-23-10-11-24-44(43)54-42-22-9-7-20-39(42)51-49(52)54/h1-30H. The van der Waals surface area contributed by atoms with Crippen molar-refractivity contribution in [1.29, 1.82) is 0 Å². The Labute approximate surface area is 315 Å². The fourth-order valence-electron chi connectivity index (χ4n) is 10.0. The van der Waals surface area contributed by atoms with Crippen molar-refractivity contribution in [3.05, 3.63) is 204 Å². The molecule has 11 aromatic rings. The number of fused-ring (bicyclic) bond motifs is 17. The van der Waals surface area contributed by atoms with E-state index in [-0.39, 0.29) is 0 Å². The highest BCUT2D eigenvalue weighted by molar-refractivity contribution is 6.10. The lowest BCUT2D eigenvalue weighted by Crippen LogP contribution is -2.33. The molecule has 0 radical (unpaired) electrons. The maximum absolute atomic E-state index is 6.91. The van der Waals surface area contributed by atoms with Crippen molar-refractivity contribution in [2.24, 2.45) is 0 Å². The summed E-state index contributed by atoms with van der Waals surface area (Å²) in [4.78, 5) is 5.17. The molecule has 1 spiro atoms. The number of para-hydroxylation sites is 6. The van der Waals surface area contributed by atoms with Crippen LogP contribution in [-0.2, 0) is 5.41 Å². The third-order valence-corrected chi connectivity index (χ3v) is 12.1. The van der Waals surface area contributed by atoms with Gasteiger partial charge in [-0.3, -0.25) is 8.97 Å². The minimum absolute atomic E-state index is 0.593. The normalized spacial score (nSPS) is 13.7. The molecule has 0 atom stereocenters. The Morgan fingerprint density at radius 3 is 1.87 bits per heavy atom. The molecular formula is C50H30N4O. The van der Waals surface area contributed by atoms with E-state index in [1.807, 2.05) is 0 Å². The molecule has 5 heteroatoms. The van der Waals surface area contributed by atoms with Gasteiger partial charge in [-0.05, 0) is 89.0 Å². The molecule has 55 heavy (non-hydrogen) atoms. The van der Waals surface area contributed by atoms with E-state index in [0.717, 1.165) is 72.9 Å². The van der Waals surface area contributed by atoms with Gasteiger partial charge < -0.3 is 9.30 Å². The van der Waals surface area contributed by atoms with E-state index in [2.05, 4.69) is 196 Å². The predicted octanol–water partition coefficient (Wildman–Crippen LogP) is 12.0. The van der Waals surface area contributed by atoms with Crippen LogP contribution in [0.1, 0.15) is 22.3 Å². The molecule has 3 aromatic heterocycles. The van der Waals surface area contributed by atoms with Gasteiger partial charge in [-0.15, -0.1) is 0 Å². The van der Waals surface area contributed by atoms with Gasteiger partial charge in [0.2, 0.25) is 5.78 Å². The van der Waals surface area contributed by atoms with E-state index in [0.29, 0.717) is 0 Å². The van der Waals surface area contributed by atoms with E-state index in [1.54, 1.807) is 0 Å². The second kappa shape index (κ2) is 10.4. The van der Waals surface area contributed by atoms with E-state index in [9.17, 15) is 0 Å². The number of hydrogen-bond acceptors (Lipinski definition) is 2. The molecule has 4 heterocycles. The van der Waals surface area contributed by atoms with Crippen molar-refractivity contribution in [1.82, 2.24) is 18.5 Å². The van der Waals surface area contributed by atoms with Crippen LogP contribution in [0.25, 0.3) is 72.2 Å². The molecule has 0 N–H and O–H groups in total. The second-order valence-corrected chi connectivity index (χ2v) is 14.7. The Balaban J connectivity index is 1.13. The van der Waals surface area contributed by atoms with Crippen molar-refractivity contribution in [2.75, 3.05) is 0 Å². The molecule has 1 aliphatic carbocycles. The fourth-order valence-corrected chi connectivity index (χ4v) is 10.0. The Bertz CT molecular complexity index is 3390. The van der Waals surface area contributed by atoms with Crippen LogP contribution >= 0.6 is 0 Å². The van der Waals surface area contributed by atoms with Gasteiger partial charge in [-0.1, -0.05) is 115 Å². The van der Waals surface area contributed by atoms with Gasteiger partial charge >= 0.3 is 0 Å². The van der Waals surface area contributed by atoms with Crippen molar-refractivity contribution in [3.8, 4) is 34.0 Å². The van der Waals surface area contributed by atoms with Crippen LogP contribution in [0.4, 0.5) is 0 Å². The van der Waals surface area contributed by atoms with E-state index < -0.39 is 5.41 Å². The van der Waals surface area contributed by atoms with Gasteiger partial charge in [-0.2, -0.15) is 0 Å². The Morgan fingerprint density at radius 1 is 0.436 bits per heavy atom. The molecule has 0 bridgehead atoms. The Kier molecular flexibility index (Phi) is 5.51. The Hall–Kier alpha value is -7.37. The molecule has 0 saturated carbocycles. The maximum Gasteiger partial charge on any atom is 0.220 e. The smallest absolute Gasteiger partial charge is 0.220 e. The van der Waals surface area contributed by atoms with Crippen LogP contribution in [0, 0.1) is 0 Å². The summed E-state index contributed by atoms with van der Waals surface area (Å²) in [7, 11) is 0. The molecule has 2 aliphatic rings. The topological polar surface area (TPSA) is 36.4 Å². The maximum atomic E-state index is 6.91. The lowest BCUT2D eigenvalue weighted by molar-refractivity contribution is 0.436. The molecular weight excluding hydrogens is 673 g/mol. The molecule has 1 aliphatic heterocycles. The lowest BCUT2D eigenvalue weighted by atomic mass is 9.65. The third-order valence-electron chi connectivity index (χ3n) is 12.1. The molecule has 0 unspecified atom stereocenters. The summed E-state index contributed by atoms with van der Waals surface area (Å²) in [6.07, 6.45) is 0. The van der Waals surface area contributed by atoms with Crippen LogP contribution in [-0.4, -0.2) is 18.5 Å². The number of aromatic nitrogens is 4. The first-order valence-electron chi connectivity index (χ1n) is 18.8. The molecule has 5 nitrogen and oxygen atoms in total. The van der Waals surface area contributed by atoms with Gasteiger partial charge in [-0.25, -0.2) is 4.98 Å². The fraction of sp³-hybridized carbons (Fsp3) is 0.0200. The van der Waals surface area contributed by atoms with Crippen LogP contribution < -0.4 is 4.74 Å². The molecule has 256 valence electrons. The molecule has 0 fully saturated rings. The lowest BCUT2D eigenvalue weighted by Gasteiger charge is -2.40. The summed E-state index contributed by atoms with van der Waals surface area (Å²) in [6, 6.07) is 65.7. The van der Waals surface area contributed by atoms with Crippen LogP contribution in [0.3, 0.4) is 0 Å². The average molecular weight is 703 g/mol. The summed E-state index contributed by atoms with van der Waals surface area (Å²) in [5, 5.41) is 2.37. The minimum Gasteiger partial charge on any atom is -0.457 e. The van der Waals surface area contributed by atoms with E-state index in [4.69, 9.17) is 9.72 Å². The molecule has 0 saturated heterocycles. The van der Waals surface area contributed by atoms with Crippen molar-refractivity contribution in [2.45, 2.75) is 5.41 Å². The van der Waals surface area contributed by atoms with Crippen molar-refractivity contribution in [3.63, 3.8) is 0 Å². The van der Waals surface area contributed by atoms with Gasteiger partial charge in [0.05, 0.1) is 44.2 Å². The van der Waals surface area contributed by atoms with E-state index >= 15 is 0 Å². The number of ether oxygens (including phenoxy) is 1. The zero-order valence-corrected chi connectivity index (χ0v) is 29.5. The highest BCUT2D eigenvalue weighted by atomic mass is 16.5. The van der Waals surface area contributed by atoms with E-state index in [1.165, 1.54) is 33.0 Å². The van der Waals surface area contributed by atoms with Crippen LogP contribution in [0.2, 0.25) is 0 Å². The summed E-state index contributed by atoms with van der Waals surface area (Å²) in [5.74, 6) is 2.67. The molecule has 13 rings (SSSR count). The third kappa shape index (κ3) is 3.56. The first-order valence-corrected chi connectivity index (χ1v) is 18.8. The SMILES string of the molecule is c1ccc2c(c1)Oc1cccc(-n3c4ccccc4c4cc(-n5c6ccccc6n6c7ccccc7nc56)ccc43)c1C21c2ccccc2-c2ccccc21. The zero-order valence-electron chi connectivity index (χ0n) is 29.5. The van der Waals surface area contributed by atoms with Crippen molar-refractivity contribution < 1.29 is 4.74 Å². The number of rotatable bonds is 2. The van der Waals surface area contributed by atoms with Crippen LogP contribution in [0.5, 0.6) is 11.5 Å². The van der Waals surface area contributed by atoms with Crippen molar-refractivity contribution >= 4 is 49.7 Å². The molecule has 0 amide bonds. The number of nitrogens with zero attached hydrogens (tertiary/aromatic N) is 4. The summed E-state index contributed by atoms with van der Waals surface area (Å²) in [5.41, 5.74) is 15.6. The first kappa shape index (κ1) is 29.1. The summed E-state index contributed by atoms with van der Waals surface area (Å²) >= 11 is 0. The summed E-state index contributed by atoms with van der Waals surface area (Å²) in [6.45, 7) is 0. The first-order chi connectivity index (χ1) is 27.3. The Morgan fingerprint density at radius 2 is 1.05 bits per heavy atom. The highest BCUT2D eigenvalue weighted by Gasteiger charge is 2.52. The minimum atomic E-state index is -0.593. The number of imidazole rings is 2. The highest BCUT2D eigenvalue weighted by Crippen LogP contribution is 2.63. The second-order valence-electron chi connectivity index (χ2n) is 14.7. The average Bonchev–Trinajstić information content (AvgIpc) is 3.96. The molecule has 8 aromatic carbocycles. The van der Waals surface area contributed by atoms with Gasteiger partial charge in [0.1, 0.15) is 11.5 Å². The predicted molar refractivity (Wildman–Crippen MR) is 221 cm³/mol. The van der Waals surface area contributed by atoms with Gasteiger partial charge in [0, 0.05) is 27.6 Å². The number of hydrogen-bond donors (Lipinski definition) is 0. The number of benzene rings is 8. The van der Waals surface area contributed by atoms with Gasteiger partial charge in [0.25, 0.3) is 0 Å². The van der Waals surface area contributed by atoms with Gasteiger partial charge in [0.15, 0.2) is 0 Å².